The molecule has 7 heteroatoms. The third-order valence-electron chi connectivity index (χ3n) is 4.10. The molecule has 0 aromatic carbocycles. The monoisotopic (exact) mass is 305 g/mol. The number of nitrogens with one attached hydrogen (secondary N) is 1. The Hall–Kier alpha value is -2.05. The lowest BCUT2D eigenvalue weighted by Gasteiger charge is -2.13. The molecule has 120 valence electrons. The number of nitrogens with zero attached hydrogens (tertiary/aromatic N) is 4. The summed E-state index contributed by atoms with van der Waals surface area (Å²) in [5.41, 5.74) is 0.0208. The first-order chi connectivity index (χ1) is 10.6. The van der Waals surface area contributed by atoms with E-state index in [0.717, 1.165) is 31.5 Å². The minimum absolute atomic E-state index is 0.0208. The summed E-state index contributed by atoms with van der Waals surface area (Å²) in [7, 11) is 0. The summed E-state index contributed by atoms with van der Waals surface area (Å²) < 4.78 is 8.66. The van der Waals surface area contributed by atoms with Gasteiger partial charge in [0.1, 0.15) is 12.1 Å². The molecule has 1 unspecified atom stereocenters. The summed E-state index contributed by atoms with van der Waals surface area (Å²) in [6.07, 6.45) is 6.73. The fourth-order valence-corrected chi connectivity index (χ4v) is 2.77. The first-order valence-corrected chi connectivity index (χ1v) is 7.96. The highest BCUT2D eigenvalue weighted by Crippen LogP contribution is 2.16. The largest absolute Gasteiger partial charge is 0.432 e. The van der Waals surface area contributed by atoms with Crippen LogP contribution in [0.15, 0.2) is 21.7 Å². The van der Waals surface area contributed by atoms with Crippen LogP contribution in [0.1, 0.15) is 38.9 Å². The molecular formula is C15H23N5O2. The number of hydrogen-bond acceptors (Lipinski definition) is 5. The normalized spacial score (nSPS) is 18.2. The second-order valence-corrected chi connectivity index (χ2v) is 6.26. The van der Waals surface area contributed by atoms with E-state index in [4.69, 9.17) is 4.42 Å². The Bertz CT molecular complexity index is 656. The lowest BCUT2D eigenvalue weighted by atomic mass is 10.1. The van der Waals surface area contributed by atoms with E-state index in [-0.39, 0.29) is 11.7 Å². The van der Waals surface area contributed by atoms with Crippen molar-refractivity contribution >= 4 is 6.01 Å². The zero-order valence-corrected chi connectivity index (χ0v) is 13.2. The zero-order valence-electron chi connectivity index (χ0n) is 13.2. The molecule has 1 atom stereocenters. The van der Waals surface area contributed by atoms with Crippen molar-refractivity contribution in [2.45, 2.75) is 58.7 Å². The molecule has 1 aliphatic heterocycles. The first kappa shape index (κ1) is 14.9. The molecule has 3 heterocycles. The molecule has 0 amide bonds. The average molecular weight is 305 g/mol. The van der Waals surface area contributed by atoms with Gasteiger partial charge in [-0.15, -0.1) is 0 Å². The van der Waals surface area contributed by atoms with Gasteiger partial charge in [0.2, 0.25) is 0 Å². The maximum absolute atomic E-state index is 12.4. The van der Waals surface area contributed by atoms with Gasteiger partial charge in [-0.3, -0.25) is 4.57 Å². The minimum Gasteiger partial charge on any atom is -0.432 e. The van der Waals surface area contributed by atoms with Crippen molar-refractivity contribution < 1.29 is 4.42 Å². The van der Waals surface area contributed by atoms with Crippen molar-refractivity contribution in [2.24, 2.45) is 5.92 Å². The summed E-state index contributed by atoms with van der Waals surface area (Å²) in [6, 6.07) is 0.794. The standard InChI is InChI=1S/C15H23N5O2/c1-11(2)5-9-20-15(21)19-8-6-12(3-4-13(19)18-20)17-14-16-7-10-22-14/h7,10-12H,3-6,8-9H2,1-2H3,(H,16,17). The van der Waals surface area contributed by atoms with E-state index in [9.17, 15) is 4.79 Å². The van der Waals surface area contributed by atoms with Crippen LogP contribution in [0, 0.1) is 5.92 Å². The molecule has 1 N–H and O–H groups in total. The van der Waals surface area contributed by atoms with E-state index in [0.29, 0.717) is 25.0 Å². The van der Waals surface area contributed by atoms with Crippen LogP contribution in [-0.2, 0) is 19.5 Å². The lowest BCUT2D eigenvalue weighted by Crippen LogP contribution is -2.27. The SMILES string of the molecule is CC(C)CCn1nc2n(c1=O)CCC(Nc1ncco1)CC2. The number of fused-ring (bicyclic) bond motifs is 1. The highest BCUT2D eigenvalue weighted by Gasteiger charge is 2.21. The predicted molar refractivity (Wildman–Crippen MR) is 82.8 cm³/mol. The van der Waals surface area contributed by atoms with Crippen molar-refractivity contribution in [1.82, 2.24) is 19.3 Å². The number of rotatable bonds is 5. The summed E-state index contributed by atoms with van der Waals surface area (Å²) >= 11 is 0. The quantitative estimate of drug-likeness (QED) is 0.913. The van der Waals surface area contributed by atoms with Gasteiger partial charge in [0.05, 0.1) is 6.20 Å². The Labute approximate surface area is 129 Å². The van der Waals surface area contributed by atoms with E-state index in [1.54, 1.807) is 17.1 Å². The van der Waals surface area contributed by atoms with Crippen LogP contribution in [0.25, 0.3) is 0 Å². The van der Waals surface area contributed by atoms with E-state index in [1.807, 2.05) is 4.57 Å². The summed E-state index contributed by atoms with van der Waals surface area (Å²) in [4.78, 5) is 16.5. The third-order valence-corrected chi connectivity index (χ3v) is 4.10. The molecule has 0 aliphatic carbocycles. The number of hydrogen-bond donors (Lipinski definition) is 1. The molecule has 2 aromatic heterocycles. The van der Waals surface area contributed by atoms with Gasteiger partial charge in [-0.1, -0.05) is 13.8 Å². The first-order valence-electron chi connectivity index (χ1n) is 7.96. The van der Waals surface area contributed by atoms with Crippen LogP contribution in [0.3, 0.4) is 0 Å². The van der Waals surface area contributed by atoms with Crippen LogP contribution in [0.5, 0.6) is 0 Å². The summed E-state index contributed by atoms with van der Waals surface area (Å²) in [5.74, 6) is 1.47. The van der Waals surface area contributed by atoms with Crippen molar-refractivity contribution in [2.75, 3.05) is 5.32 Å². The van der Waals surface area contributed by atoms with E-state index in [1.165, 1.54) is 0 Å². The Morgan fingerprint density at radius 2 is 2.32 bits per heavy atom. The summed E-state index contributed by atoms with van der Waals surface area (Å²) in [5, 5.41) is 7.79. The molecule has 0 spiro atoms. The zero-order chi connectivity index (χ0) is 15.5. The van der Waals surface area contributed by atoms with Crippen LogP contribution >= 0.6 is 0 Å². The summed E-state index contributed by atoms with van der Waals surface area (Å²) in [6.45, 7) is 5.71. The van der Waals surface area contributed by atoms with Crippen molar-refractivity contribution in [3.8, 4) is 0 Å². The van der Waals surface area contributed by atoms with Crippen LogP contribution in [-0.4, -0.2) is 25.4 Å². The molecule has 7 nitrogen and oxygen atoms in total. The highest BCUT2D eigenvalue weighted by atomic mass is 16.4. The van der Waals surface area contributed by atoms with E-state index < -0.39 is 0 Å². The number of anilines is 1. The smallest absolute Gasteiger partial charge is 0.345 e. The maximum Gasteiger partial charge on any atom is 0.345 e. The Morgan fingerprint density at radius 1 is 1.45 bits per heavy atom. The number of aryl methyl sites for hydroxylation is 2. The number of oxazole rings is 1. The molecule has 0 radical (unpaired) electrons. The van der Waals surface area contributed by atoms with E-state index >= 15 is 0 Å². The molecule has 0 bridgehead atoms. The van der Waals surface area contributed by atoms with Crippen molar-refractivity contribution in [1.29, 1.82) is 0 Å². The second-order valence-electron chi connectivity index (χ2n) is 6.26. The molecule has 3 rings (SSSR count). The predicted octanol–water partition coefficient (Wildman–Crippen LogP) is 1.90. The molecule has 0 saturated carbocycles. The van der Waals surface area contributed by atoms with E-state index in [2.05, 4.69) is 29.2 Å². The van der Waals surface area contributed by atoms with Gasteiger partial charge < -0.3 is 9.73 Å². The van der Waals surface area contributed by atoms with Gasteiger partial charge in [-0.2, -0.15) is 5.10 Å². The number of aromatic nitrogens is 4. The van der Waals surface area contributed by atoms with Gasteiger partial charge in [0.15, 0.2) is 0 Å². The highest BCUT2D eigenvalue weighted by molar-refractivity contribution is 5.20. The topological polar surface area (TPSA) is 77.9 Å². The minimum atomic E-state index is 0.0208. The van der Waals surface area contributed by atoms with Gasteiger partial charge in [0, 0.05) is 25.6 Å². The van der Waals surface area contributed by atoms with Crippen molar-refractivity contribution in [3.63, 3.8) is 0 Å². The van der Waals surface area contributed by atoms with Gasteiger partial charge in [-0.05, 0) is 25.2 Å². The molecule has 0 saturated heterocycles. The maximum atomic E-state index is 12.4. The fourth-order valence-electron chi connectivity index (χ4n) is 2.77. The molecule has 0 fully saturated rings. The van der Waals surface area contributed by atoms with Crippen LogP contribution < -0.4 is 11.0 Å². The molecule has 22 heavy (non-hydrogen) atoms. The Kier molecular flexibility index (Phi) is 4.31. The van der Waals surface area contributed by atoms with Crippen LogP contribution in [0.2, 0.25) is 0 Å². The van der Waals surface area contributed by atoms with Gasteiger partial charge in [-0.25, -0.2) is 14.5 Å². The fraction of sp³-hybridized carbons (Fsp3) is 0.667. The van der Waals surface area contributed by atoms with Gasteiger partial charge in [0.25, 0.3) is 6.01 Å². The van der Waals surface area contributed by atoms with Crippen molar-refractivity contribution in [3.05, 3.63) is 28.8 Å². The molecule has 2 aromatic rings. The third kappa shape index (κ3) is 3.23. The van der Waals surface area contributed by atoms with Crippen LogP contribution in [0.4, 0.5) is 6.01 Å². The average Bonchev–Trinajstić information content (AvgIpc) is 3.03. The Morgan fingerprint density at radius 3 is 3.05 bits per heavy atom. The van der Waals surface area contributed by atoms with Gasteiger partial charge >= 0.3 is 5.69 Å². The molecular weight excluding hydrogens is 282 g/mol. The lowest BCUT2D eigenvalue weighted by molar-refractivity contribution is 0.465. The molecule has 1 aliphatic rings. The Balaban J connectivity index is 1.66. The second kappa shape index (κ2) is 6.37.